The second-order valence-electron chi connectivity index (χ2n) is 4.44. The minimum atomic E-state index is -0.109. The Morgan fingerprint density at radius 3 is 2.00 bits per heavy atom. The lowest BCUT2D eigenvalue weighted by Crippen LogP contribution is -2.32. The Kier molecular flexibility index (Phi) is 4.50. The molecule has 1 N–H and O–H groups in total. The molecule has 2 aromatic carbocycles. The molecule has 20 heavy (non-hydrogen) atoms. The maximum atomic E-state index is 12.2. The molecule has 4 nitrogen and oxygen atoms in total. The molecule has 1 amide bonds. The van der Waals surface area contributed by atoms with E-state index in [9.17, 15) is 4.79 Å². The van der Waals surface area contributed by atoms with Gasteiger partial charge in [0.25, 0.3) is 5.91 Å². The van der Waals surface area contributed by atoms with Crippen LogP contribution in [0.5, 0.6) is 0 Å². The average Bonchev–Trinajstić information content (AvgIpc) is 2.53. The van der Waals surface area contributed by atoms with Gasteiger partial charge in [-0.3, -0.25) is 4.79 Å². The van der Waals surface area contributed by atoms with E-state index in [1.54, 1.807) is 19.2 Å². The zero-order chi connectivity index (χ0) is 14.4. The van der Waals surface area contributed by atoms with E-state index in [4.69, 9.17) is 5.21 Å². The van der Waals surface area contributed by atoms with Crippen molar-refractivity contribution >= 4 is 11.6 Å². The first-order valence-electron chi connectivity index (χ1n) is 6.29. The van der Waals surface area contributed by atoms with Crippen LogP contribution in [0.25, 0.3) is 0 Å². The quantitative estimate of drug-likeness (QED) is 0.526. The predicted octanol–water partition coefficient (Wildman–Crippen LogP) is 2.64. The summed E-state index contributed by atoms with van der Waals surface area (Å²) < 4.78 is 0. The highest BCUT2D eigenvalue weighted by Crippen LogP contribution is 2.06. The number of likely N-dealkylation sites (N-methyl/N-ethyl adjacent to an activating group) is 1. The summed E-state index contributed by atoms with van der Waals surface area (Å²) in [5, 5.41) is 12.4. The van der Waals surface area contributed by atoms with Crippen LogP contribution < -0.4 is 0 Å². The minimum Gasteiger partial charge on any atom is -0.411 e. The van der Waals surface area contributed by atoms with Crippen LogP contribution in [0.2, 0.25) is 0 Å². The third-order valence-electron chi connectivity index (χ3n) is 2.98. The van der Waals surface area contributed by atoms with Gasteiger partial charge in [0.2, 0.25) is 0 Å². The number of carbonyl (C=O) groups is 1. The van der Waals surface area contributed by atoms with Crippen LogP contribution >= 0.6 is 0 Å². The maximum Gasteiger partial charge on any atom is 0.253 e. The summed E-state index contributed by atoms with van der Waals surface area (Å²) in [5.41, 5.74) is 1.86. The van der Waals surface area contributed by atoms with Crippen molar-refractivity contribution in [3.63, 3.8) is 0 Å². The Morgan fingerprint density at radius 2 is 1.50 bits per heavy atom. The van der Waals surface area contributed by atoms with Crippen LogP contribution in [0.4, 0.5) is 0 Å². The molecule has 0 heterocycles. The number of hydrogen-bond acceptors (Lipinski definition) is 3. The molecule has 0 aromatic heterocycles. The molecule has 0 spiro atoms. The lowest BCUT2D eigenvalue weighted by Gasteiger charge is -2.17. The first-order chi connectivity index (χ1) is 9.72. The van der Waals surface area contributed by atoms with E-state index in [0.29, 0.717) is 11.3 Å². The Labute approximate surface area is 118 Å². The zero-order valence-corrected chi connectivity index (χ0v) is 11.2. The minimum absolute atomic E-state index is 0.109. The third-order valence-corrected chi connectivity index (χ3v) is 2.98. The van der Waals surface area contributed by atoms with Crippen molar-refractivity contribution in [1.82, 2.24) is 4.90 Å². The second-order valence-corrected chi connectivity index (χ2v) is 4.44. The van der Waals surface area contributed by atoms with Crippen LogP contribution in [0.15, 0.2) is 65.8 Å². The van der Waals surface area contributed by atoms with E-state index >= 15 is 0 Å². The number of oxime groups is 1. The first-order valence-corrected chi connectivity index (χ1v) is 6.29. The van der Waals surface area contributed by atoms with Crippen molar-refractivity contribution in [2.45, 2.75) is 0 Å². The normalized spacial score (nSPS) is 11.2. The Hall–Kier alpha value is -2.62. The van der Waals surface area contributed by atoms with E-state index in [1.165, 1.54) is 4.90 Å². The SMILES string of the molecule is CN(CC(=NO)c1ccccc1)C(=O)c1ccccc1. The summed E-state index contributed by atoms with van der Waals surface area (Å²) >= 11 is 0. The van der Waals surface area contributed by atoms with E-state index in [1.807, 2.05) is 48.5 Å². The molecule has 102 valence electrons. The van der Waals surface area contributed by atoms with Crippen molar-refractivity contribution in [2.75, 3.05) is 13.6 Å². The zero-order valence-electron chi connectivity index (χ0n) is 11.2. The van der Waals surface area contributed by atoms with Crippen LogP contribution in [-0.4, -0.2) is 35.3 Å². The number of carbonyl (C=O) groups excluding carboxylic acids is 1. The van der Waals surface area contributed by atoms with Gasteiger partial charge >= 0.3 is 0 Å². The number of hydrogen-bond donors (Lipinski definition) is 1. The Balaban J connectivity index is 2.11. The van der Waals surface area contributed by atoms with Crippen LogP contribution in [0.3, 0.4) is 0 Å². The van der Waals surface area contributed by atoms with Crippen LogP contribution in [0, 0.1) is 0 Å². The molecule has 4 heteroatoms. The van der Waals surface area contributed by atoms with Crippen molar-refractivity contribution in [2.24, 2.45) is 5.16 Å². The smallest absolute Gasteiger partial charge is 0.253 e. The molecule has 0 aliphatic carbocycles. The summed E-state index contributed by atoms with van der Waals surface area (Å²) in [6.07, 6.45) is 0. The van der Waals surface area contributed by atoms with Gasteiger partial charge in [-0.25, -0.2) is 0 Å². The second kappa shape index (κ2) is 6.52. The summed E-state index contributed by atoms with van der Waals surface area (Å²) in [4.78, 5) is 13.7. The molecule has 0 fully saturated rings. The number of rotatable bonds is 4. The van der Waals surface area contributed by atoms with Gasteiger partial charge in [-0.1, -0.05) is 53.7 Å². The van der Waals surface area contributed by atoms with Crippen molar-refractivity contribution in [3.05, 3.63) is 71.8 Å². The highest BCUT2D eigenvalue weighted by molar-refractivity contribution is 6.04. The molecular formula is C16H16N2O2. The monoisotopic (exact) mass is 268 g/mol. The van der Waals surface area contributed by atoms with Gasteiger partial charge in [0.15, 0.2) is 0 Å². The van der Waals surface area contributed by atoms with Gasteiger partial charge in [-0.05, 0) is 12.1 Å². The molecule has 0 bridgehead atoms. The molecule has 0 atom stereocenters. The van der Waals surface area contributed by atoms with E-state index in [-0.39, 0.29) is 12.5 Å². The fourth-order valence-electron chi connectivity index (χ4n) is 1.91. The molecule has 2 aromatic rings. The van der Waals surface area contributed by atoms with Gasteiger partial charge in [0.05, 0.1) is 6.54 Å². The predicted molar refractivity (Wildman–Crippen MR) is 78.2 cm³/mol. The van der Waals surface area contributed by atoms with Gasteiger partial charge in [0.1, 0.15) is 5.71 Å². The number of amides is 1. The largest absolute Gasteiger partial charge is 0.411 e. The Morgan fingerprint density at radius 1 is 1.00 bits per heavy atom. The summed E-state index contributed by atoms with van der Waals surface area (Å²) in [6.45, 7) is 0.244. The fourth-order valence-corrected chi connectivity index (χ4v) is 1.91. The lowest BCUT2D eigenvalue weighted by molar-refractivity contribution is 0.0814. The van der Waals surface area contributed by atoms with Crippen molar-refractivity contribution < 1.29 is 10.0 Å². The molecule has 0 saturated heterocycles. The fraction of sp³-hybridized carbons (Fsp3) is 0.125. The van der Waals surface area contributed by atoms with E-state index in [2.05, 4.69) is 5.16 Å². The van der Waals surface area contributed by atoms with Gasteiger partial charge in [-0.2, -0.15) is 0 Å². The third kappa shape index (κ3) is 3.23. The van der Waals surface area contributed by atoms with E-state index in [0.717, 1.165) is 5.56 Å². The highest BCUT2D eigenvalue weighted by Gasteiger charge is 2.14. The molecule has 2 rings (SSSR count). The number of nitrogens with zero attached hydrogens (tertiary/aromatic N) is 2. The van der Waals surface area contributed by atoms with Crippen LogP contribution in [0.1, 0.15) is 15.9 Å². The molecule has 0 aliphatic heterocycles. The van der Waals surface area contributed by atoms with Crippen LogP contribution in [-0.2, 0) is 0 Å². The first kappa shape index (κ1) is 13.8. The number of benzene rings is 2. The van der Waals surface area contributed by atoms with Gasteiger partial charge in [-0.15, -0.1) is 0 Å². The molecule has 0 radical (unpaired) electrons. The molecule has 0 unspecified atom stereocenters. The summed E-state index contributed by atoms with van der Waals surface area (Å²) in [6, 6.07) is 18.3. The summed E-state index contributed by atoms with van der Waals surface area (Å²) in [5.74, 6) is -0.109. The highest BCUT2D eigenvalue weighted by atomic mass is 16.4. The maximum absolute atomic E-state index is 12.2. The molecule has 0 saturated carbocycles. The van der Waals surface area contributed by atoms with Crippen molar-refractivity contribution in [1.29, 1.82) is 0 Å². The van der Waals surface area contributed by atoms with Crippen molar-refractivity contribution in [3.8, 4) is 0 Å². The lowest BCUT2D eigenvalue weighted by atomic mass is 10.1. The average molecular weight is 268 g/mol. The molecular weight excluding hydrogens is 252 g/mol. The summed E-state index contributed by atoms with van der Waals surface area (Å²) in [7, 11) is 1.68. The van der Waals surface area contributed by atoms with Gasteiger partial charge < -0.3 is 10.1 Å². The topological polar surface area (TPSA) is 52.9 Å². The van der Waals surface area contributed by atoms with E-state index < -0.39 is 0 Å². The molecule has 0 aliphatic rings. The Bertz CT molecular complexity index is 594. The standard InChI is InChI=1S/C16H16N2O2/c1-18(16(19)14-10-6-3-7-11-14)12-15(17-20)13-8-4-2-5-9-13/h2-11,20H,12H2,1H3. The van der Waals surface area contributed by atoms with Gasteiger partial charge in [0, 0.05) is 18.2 Å².